The van der Waals surface area contributed by atoms with Crippen LogP contribution in [0.1, 0.15) is 43.7 Å². The third kappa shape index (κ3) is 4.24. The Hall–Kier alpha value is -3.04. The zero-order valence-electron chi connectivity index (χ0n) is 17.4. The molecule has 0 radical (unpaired) electrons. The van der Waals surface area contributed by atoms with Crippen molar-refractivity contribution in [1.82, 2.24) is 0 Å². The number of carbonyl (C=O) groups excluding carboxylic acids is 1. The first kappa shape index (κ1) is 21.2. The number of hydrogen-bond donors (Lipinski definition) is 1. The third-order valence-electron chi connectivity index (χ3n) is 5.61. The number of nitriles is 1. The van der Waals surface area contributed by atoms with E-state index in [1.54, 1.807) is 0 Å². The third-order valence-corrected chi connectivity index (χ3v) is 6.14. The van der Waals surface area contributed by atoms with E-state index >= 15 is 0 Å². The van der Waals surface area contributed by atoms with Crippen molar-refractivity contribution in [2.75, 3.05) is 0 Å². The highest BCUT2D eigenvalue weighted by atomic mass is 79.9. The number of para-hydroxylation sites is 1. The van der Waals surface area contributed by atoms with Crippen molar-refractivity contribution in [3.8, 4) is 11.8 Å². The molecule has 2 aromatic carbocycles. The molecule has 0 bridgehead atoms. The zero-order valence-corrected chi connectivity index (χ0v) is 19.0. The Labute approximate surface area is 190 Å². The summed E-state index contributed by atoms with van der Waals surface area (Å²) in [6.07, 6.45) is 0.984. The fourth-order valence-electron chi connectivity index (χ4n) is 4.19. The Kier molecular flexibility index (Phi) is 5.63. The lowest BCUT2D eigenvalue weighted by atomic mass is 9.70. The molecule has 0 saturated carbocycles. The number of hydrogen-bond acceptors (Lipinski definition) is 5. The first-order valence-corrected chi connectivity index (χ1v) is 10.9. The average Bonchev–Trinajstić information content (AvgIpc) is 2.71. The lowest BCUT2D eigenvalue weighted by Gasteiger charge is -2.37. The number of nitrogens with zero attached hydrogens (tertiary/aromatic N) is 1. The van der Waals surface area contributed by atoms with Crippen molar-refractivity contribution in [1.29, 1.82) is 5.26 Å². The molecule has 0 aromatic heterocycles. The molecule has 2 aromatic rings. The van der Waals surface area contributed by atoms with E-state index in [2.05, 4.69) is 22.0 Å². The van der Waals surface area contributed by atoms with Crippen LogP contribution in [0.25, 0.3) is 0 Å². The van der Waals surface area contributed by atoms with Crippen LogP contribution in [0.2, 0.25) is 0 Å². The maximum atomic E-state index is 13.2. The summed E-state index contributed by atoms with van der Waals surface area (Å²) >= 11 is 3.43. The highest BCUT2D eigenvalue weighted by Crippen LogP contribution is 2.49. The smallest absolute Gasteiger partial charge is 0.205 e. The number of ether oxygens (including phenoxy) is 2. The van der Waals surface area contributed by atoms with Gasteiger partial charge in [0, 0.05) is 28.5 Å². The number of rotatable bonds is 4. The predicted octanol–water partition coefficient (Wildman–Crippen LogP) is 5.48. The van der Waals surface area contributed by atoms with E-state index in [0.29, 0.717) is 36.5 Å². The molecule has 1 atom stereocenters. The number of carbonyl (C=O) groups is 1. The molecule has 1 unspecified atom stereocenters. The van der Waals surface area contributed by atoms with Gasteiger partial charge in [0.1, 0.15) is 29.8 Å². The number of allylic oxidation sites excluding steroid dienone is 3. The maximum Gasteiger partial charge on any atom is 0.205 e. The number of benzene rings is 2. The molecule has 0 saturated heterocycles. The topological polar surface area (TPSA) is 85.3 Å². The summed E-state index contributed by atoms with van der Waals surface area (Å²) in [5.74, 6) is 0.616. The van der Waals surface area contributed by atoms with Gasteiger partial charge >= 0.3 is 0 Å². The van der Waals surface area contributed by atoms with Crippen molar-refractivity contribution in [2.24, 2.45) is 11.1 Å². The fraction of sp³-hybridized carbons (Fsp3) is 0.280. The van der Waals surface area contributed by atoms with Crippen LogP contribution in [0, 0.1) is 16.7 Å². The Morgan fingerprint density at radius 3 is 2.61 bits per heavy atom. The van der Waals surface area contributed by atoms with E-state index in [9.17, 15) is 10.1 Å². The van der Waals surface area contributed by atoms with Gasteiger partial charge in [0.25, 0.3) is 0 Å². The Morgan fingerprint density at radius 1 is 1.19 bits per heavy atom. The summed E-state index contributed by atoms with van der Waals surface area (Å²) in [5.41, 5.74) is 8.42. The molecule has 2 N–H and O–H groups in total. The first-order valence-electron chi connectivity index (χ1n) is 10.1. The van der Waals surface area contributed by atoms with Crippen LogP contribution >= 0.6 is 15.9 Å². The Bertz CT molecular complexity index is 1140. The second kappa shape index (κ2) is 8.24. The number of ketones is 1. The monoisotopic (exact) mass is 478 g/mol. The minimum absolute atomic E-state index is 0.0146. The van der Waals surface area contributed by atoms with Crippen molar-refractivity contribution in [3.05, 3.63) is 86.9 Å². The predicted molar refractivity (Wildman–Crippen MR) is 121 cm³/mol. The summed E-state index contributed by atoms with van der Waals surface area (Å²) in [4.78, 5) is 13.2. The van der Waals surface area contributed by atoms with Crippen LogP contribution in [0.4, 0.5) is 0 Å². The molecule has 2 aliphatic rings. The Balaban J connectivity index is 1.75. The number of nitrogens with two attached hydrogens (primary N) is 1. The molecule has 0 spiro atoms. The van der Waals surface area contributed by atoms with Gasteiger partial charge in [-0.3, -0.25) is 4.79 Å². The lowest BCUT2D eigenvalue weighted by Crippen LogP contribution is -2.33. The second-order valence-corrected chi connectivity index (χ2v) is 9.57. The van der Waals surface area contributed by atoms with Gasteiger partial charge in [-0.25, -0.2) is 0 Å². The Morgan fingerprint density at radius 2 is 1.90 bits per heavy atom. The van der Waals surface area contributed by atoms with Gasteiger partial charge in [0.15, 0.2) is 5.78 Å². The average molecular weight is 479 g/mol. The molecule has 0 fully saturated rings. The minimum atomic E-state index is -0.599. The molecule has 5 nitrogen and oxygen atoms in total. The van der Waals surface area contributed by atoms with Crippen LogP contribution in [0.5, 0.6) is 5.75 Å². The molecule has 31 heavy (non-hydrogen) atoms. The van der Waals surface area contributed by atoms with Gasteiger partial charge in [-0.1, -0.05) is 60.1 Å². The van der Waals surface area contributed by atoms with Gasteiger partial charge in [-0.2, -0.15) is 5.26 Å². The summed E-state index contributed by atoms with van der Waals surface area (Å²) in [6, 6.07) is 17.5. The van der Waals surface area contributed by atoms with Crippen molar-refractivity contribution in [2.45, 2.75) is 39.2 Å². The largest absolute Gasteiger partial charge is 0.489 e. The van der Waals surface area contributed by atoms with E-state index in [1.165, 1.54) is 0 Å². The molecule has 1 aliphatic carbocycles. The van der Waals surface area contributed by atoms with Gasteiger partial charge in [0.05, 0.1) is 5.92 Å². The highest BCUT2D eigenvalue weighted by Gasteiger charge is 2.43. The fourth-order valence-corrected chi connectivity index (χ4v) is 4.45. The minimum Gasteiger partial charge on any atom is -0.489 e. The summed E-state index contributed by atoms with van der Waals surface area (Å²) in [5, 5.41) is 9.85. The van der Waals surface area contributed by atoms with Gasteiger partial charge in [-0.15, -0.1) is 0 Å². The molecule has 4 rings (SSSR count). The molecule has 1 heterocycles. The molecule has 6 heteroatoms. The van der Waals surface area contributed by atoms with Crippen LogP contribution < -0.4 is 10.5 Å². The molecular weight excluding hydrogens is 456 g/mol. The van der Waals surface area contributed by atoms with E-state index in [0.717, 1.165) is 15.6 Å². The zero-order chi connectivity index (χ0) is 22.2. The van der Waals surface area contributed by atoms with Crippen molar-refractivity contribution < 1.29 is 14.3 Å². The standard InChI is InChI=1S/C25H23BrN2O3/c1-25(2)11-19(29)23-21(12-25)31-24(28)18(13-27)22(23)17-5-3-4-6-20(17)30-14-15-7-9-16(26)10-8-15/h3-10,22H,11-12,14,28H2,1-2H3. The van der Waals surface area contributed by atoms with E-state index in [4.69, 9.17) is 15.2 Å². The second-order valence-electron chi connectivity index (χ2n) is 8.66. The lowest BCUT2D eigenvalue weighted by molar-refractivity contribution is -0.119. The molecule has 158 valence electrons. The van der Waals surface area contributed by atoms with Crippen LogP contribution in [-0.4, -0.2) is 5.78 Å². The summed E-state index contributed by atoms with van der Waals surface area (Å²) in [7, 11) is 0. The van der Waals surface area contributed by atoms with Gasteiger partial charge in [0.2, 0.25) is 5.88 Å². The highest BCUT2D eigenvalue weighted by molar-refractivity contribution is 9.10. The number of Topliss-reactive ketones (excluding diaryl/α,β-unsaturated/α-hetero) is 1. The van der Waals surface area contributed by atoms with Crippen molar-refractivity contribution >= 4 is 21.7 Å². The van der Waals surface area contributed by atoms with Crippen molar-refractivity contribution in [3.63, 3.8) is 0 Å². The summed E-state index contributed by atoms with van der Waals surface area (Å²) in [6.45, 7) is 4.42. The van der Waals surface area contributed by atoms with E-state index in [1.807, 2.05) is 62.4 Å². The molecular formula is C25H23BrN2O3. The summed E-state index contributed by atoms with van der Waals surface area (Å²) < 4.78 is 12.9. The van der Waals surface area contributed by atoms with Gasteiger partial charge < -0.3 is 15.2 Å². The normalized spacial score (nSPS) is 20.1. The SMILES string of the molecule is CC1(C)CC(=O)C2=C(C1)OC(N)=C(C#N)C2c1ccccc1OCc1ccc(Br)cc1. The molecule has 1 aliphatic heterocycles. The van der Waals surface area contributed by atoms with Gasteiger partial charge in [-0.05, 0) is 29.2 Å². The van der Waals surface area contributed by atoms with E-state index in [-0.39, 0.29) is 22.7 Å². The van der Waals surface area contributed by atoms with Crippen LogP contribution in [0.3, 0.4) is 0 Å². The molecule has 0 amide bonds. The van der Waals surface area contributed by atoms with Crippen LogP contribution in [-0.2, 0) is 16.1 Å². The van der Waals surface area contributed by atoms with Crippen LogP contribution in [0.15, 0.2) is 75.8 Å². The first-order chi connectivity index (χ1) is 14.8. The maximum absolute atomic E-state index is 13.2. The number of halogens is 1. The quantitative estimate of drug-likeness (QED) is 0.628. The van der Waals surface area contributed by atoms with E-state index < -0.39 is 5.92 Å².